The van der Waals surface area contributed by atoms with Gasteiger partial charge in [0.05, 0.1) is 0 Å². The van der Waals surface area contributed by atoms with Gasteiger partial charge in [0.2, 0.25) is 0 Å². The third-order valence-electron chi connectivity index (χ3n) is 3.13. The van der Waals surface area contributed by atoms with Gasteiger partial charge in [0.1, 0.15) is 11.4 Å². The molecule has 1 aromatic heterocycles. The molecule has 3 rings (SSSR count). The lowest BCUT2D eigenvalue weighted by Gasteiger charge is -2.12. The van der Waals surface area contributed by atoms with E-state index in [0.29, 0.717) is 18.0 Å². The van der Waals surface area contributed by atoms with Gasteiger partial charge in [0.15, 0.2) is 6.61 Å². The van der Waals surface area contributed by atoms with E-state index in [1.54, 1.807) is 18.2 Å². The number of carbonyl (C=O) groups excluding carboxylic acids is 1. The van der Waals surface area contributed by atoms with Gasteiger partial charge in [-0.2, -0.15) is 0 Å². The fraction of sp³-hybridized carbons (Fsp3) is 0.231. The Morgan fingerprint density at radius 1 is 1.42 bits per heavy atom. The molecular weight excluding hydrogens is 248 g/mol. The number of hydrogen-bond donors (Lipinski definition) is 3. The largest absolute Gasteiger partial charge is 0.482 e. The topological polar surface area (TPSA) is 91.4 Å². The zero-order chi connectivity index (χ0) is 13.4. The van der Waals surface area contributed by atoms with Crippen LogP contribution in [0.1, 0.15) is 16.1 Å². The van der Waals surface area contributed by atoms with E-state index in [1.807, 2.05) is 0 Å². The molecule has 98 valence electrons. The summed E-state index contributed by atoms with van der Waals surface area (Å²) in [6.45, 7) is 0.234. The second-order valence-electron chi connectivity index (χ2n) is 4.37. The number of carbonyl (C=O) groups is 2. The predicted molar refractivity (Wildman–Crippen MR) is 67.5 cm³/mol. The first-order valence-electron chi connectivity index (χ1n) is 5.92. The van der Waals surface area contributed by atoms with Crippen LogP contribution in [0.4, 0.5) is 0 Å². The highest BCUT2D eigenvalue weighted by atomic mass is 16.5. The van der Waals surface area contributed by atoms with Crippen molar-refractivity contribution < 1.29 is 19.4 Å². The molecule has 0 aliphatic carbocycles. The second kappa shape index (κ2) is 4.31. The number of rotatable bonds is 3. The molecule has 0 atom stereocenters. The van der Waals surface area contributed by atoms with Crippen LogP contribution in [0.5, 0.6) is 5.75 Å². The quantitative estimate of drug-likeness (QED) is 0.765. The van der Waals surface area contributed by atoms with Crippen molar-refractivity contribution in [2.24, 2.45) is 0 Å². The lowest BCUT2D eigenvalue weighted by molar-refractivity contribution is -0.139. The second-order valence-corrected chi connectivity index (χ2v) is 4.37. The van der Waals surface area contributed by atoms with Crippen LogP contribution in [0.3, 0.4) is 0 Å². The number of benzene rings is 1. The number of amides is 1. The molecule has 1 aliphatic heterocycles. The average Bonchev–Trinajstić information content (AvgIpc) is 2.76. The smallest absolute Gasteiger partial charge is 0.341 e. The molecule has 2 heterocycles. The molecule has 0 spiro atoms. The first-order chi connectivity index (χ1) is 9.15. The zero-order valence-corrected chi connectivity index (χ0v) is 10.0. The van der Waals surface area contributed by atoms with Crippen molar-refractivity contribution in [1.82, 2.24) is 10.3 Å². The molecule has 0 saturated heterocycles. The lowest BCUT2D eigenvalue weighted by Crippen LogP contribution is -2.31. The molecule has 1 aliphatic rings. The van der Waals surface area contributed by atoms with Gasteiger partial charge in [0.25, 0.3) is 5.91 Å². The van der Waals surface area contributed by atoms with E-state index in [9.17, 15) is 9.59 Å². The number of H-pyrrole nitrogens is 1. The number of ether oxygens (including phenoxy) is 1. The molecule has 2 aromatic rings. The van der Waals surface area contributed by atoms with Crippen LogP contribution in [0.15, 0.2) is 18.2 Å². The van der Waals surface area contributed by atoms with Gasteiger partial charge < -0.3 is 20.1 Å². The summed E-state index contributed by atoms with van der Waals surface area (Å²) in [6, 6.07) is 5.25. The first-order valence-corrected chi connectivity index (χ1v) is 5.92. The molecule has 6 nitrogen and oxygen atoms in total. The summed E-state index contributed by atoms with van der Waals surface area (Å²) >= 11 is 0. The third-order valence-corrected chi connectivity index (χ3v) is 3.13. The number of carboxylic acid groups (broad SMARTS) is 1. The Labute approximate surface area is 108 Å². The van der Waals surface area contributed by atoms with Crippen molar-refractivity contribution in [2.75, 3.05) is 13.2 Å². The average molecular weight is 260 g/mol. The Bertz CT molecular complexity index is 675. The zero-order valence-electron chi connectivity index (χ0n) is 10.0. The molecule has 0 saturated carbocycles. The summed E-state index contributed by atoms with van der Waals surface area (Å²) in [5, 5.41) is 12.3. The van der Waals surface area contributed by atoms with Gasteiger partial charge in [-0.25, -0.2) is 4.79 Å². The number of aromatic nitrogens is 1. The lowest BCUT2D eigenvalue weighted by atomic mass is 10.0. The summed E-state index contributed by atoms with van der Waals surface area (Å²) in [5.41, 5.74) is 2.39. The number of carboxylic acids is 1. The monoisotopic (exact) mass is 260 g/mol. The van der Waals surface area contributed by atoms with Crippen molar-refractivity contribution in [3.05, 3.63) is 29.5 Å². The summed E-state index contributed by atoms with van der Waals surface area (Å²) in [7, 11) is 0. The normalized spacial score (nSPS) is 14.0. The fourth-order valence-electron chi connectivity index (χ4n) is 2.30. The van der Waals surface area contributed by atoms with Crippen molar-refractivity contribution in [1.29, 1.82) is 0 Å². The van der Waals surface area contributed by atoms with Crippen LogP contribution in [-0.2, 0) is 11.2 Å². The van der Waals surface area contributed by atoms with Crippen LogP contribution in [-0.4, -0.2) is 35.1 Å². The van der Waals surface area contributed by atoms with Gasteiger partial charge in [-0.15, -0.1) is 0 Å². The Balaban J connectivity index is 2.02. The maximum absolute atomic E-state index is 11.7. The number of hydrogen-bond acceptors (Lipinski definition) is 3. The number of aliphatic carboxylic acids is 1. The van der Waals surface area contributed by atoms with Crippen LogP contribution in [0, 0.1) is 0 Å². The van der Waals surface area contributed by atoms with Crippen LogP contribution in [0.25, 0.3) is 10.9 Å². The Morgan fingerprint density at radius 2 is 2.26 bits per heavy atom. The third kappa shape index (κ3) is 2.01. The summed E-state index contributed by atoms with van der Waals surface area (Å²) in [5.74, 6) is -0.635. The standard InChI is InChI=1S/C13H12N2O4/c16-11(17)6-19-7-1-2-10-9(5-7)8-3-4-14-13(18)12(8)15-10/h1-2,5,15H,3-4,6H2,(H,14,18)(H,16,17). The Kier molecular flexibility index (Phi) is 2.63. The van der Waals surface area contributed by atoms with E-state index in [4.69, 9.17) is 9.84 Å². The number of nitrogens with one attached hydrogen (secondary N) is 2. The van der Waals surface area contributed by atoms with Crippen LogP contribution in [0.2, 0.25) is 0 Å². The molecule has 0 fully saturated rings. The minimum Gasteiger partial charge on any atom is -0.482 e. The molecule has 1 amide bonds. The van der Waals surface area contributed by atoms with Gasteiger partial charge >= 0.3 is 5.97 Å². The van der Waals surface area contributed by atoms with E-state index >= 15 is 0 Å². The van der Waals surface area contributed by atoms with Crippen molar-refractivity contribution in [2.45, 2.75) is 6.42 Å². The van der Waals surface area contributed by atoms with E-state index < -0.39 is 5.97 Å². The minimum atomic E-state index is -1.02. The summed E-state index contributed by atoms with van der Waals surface area (Å²) < 4.78 is 5.15. The minimum absolute atomic E-state index is 0.106. The van der Waals surface area contributed by atoms with E-state index in [2.05, 4.69) is 10.3 Å². The summed E-state index contributed by atoms with van der Waals surface area (Å²) in [4.78, 5) is 25.3. The van der Waals surface area contributed by atoms with E-state index in [1.165, 1.54) is 0 Å². The number of fused-ring (bicyclic) bond motifs is 3. The molecule has 1 aromatic carbocycles. The highest BCUT2D eigenvalue weighted by Gasteiger charge is 2.21. The van der Waals surface area contributed by atoms with Gasteiger partial charge in [-0.3, -0.25) is 4.79 Å². The van der Waals surface area contributed by atoms with Gasteiger partial charge in [-0.05, 0) is 30.2 Å². The first kappa shape index (κ1) is 11.6. The predicted octanol–water partition coefficient (Wildman–Crippen LogP) is 0.917. The molecule has 0 unspecified atom stereocenters. The molecular formula is C13H12N2O4. The van der Waals surface area contributed by atoms with Crippen molar-refractivity contribution in [3.8, 4) is 5.75 Å². The maximum Gasteiger partial charge on any atom is 0.341 e. The van der Waals surface area contributed by atoms with Crippen molar-refractivity contribution in [3.63, 3.8) is 0 Å². The summed E-state index contributed by atoms with van der Waals surface area (Å²) in [6.07, 6.45) is 0.753. The van der Waals surface area contributed by atoms with Gasteiger partial charge in [0, 0.05) is 17.4 Å². The van der Waals surface area contributed by atoms with Crippen LogP contribution >= 0.6 is 0 Å². The molecule has 0 bridgehead atoms. The SMILES string of the molecule is O=C(O)COc1ccc2[nH]c3c(c2c1)CCNC3=O. The molecule has 6 heteroatoms. The van der Waals surface area contributed by atoms with Gasteiger partial charge in [-0.1, -0.05) is 0 Å². The highest BCUT2D eigenvalue weighted by Crippen LogP contribution is 2.28. The van der Waals surface area contributed by atoms with Crippen molar-refractivity contribution >= 4 is 22.8 Å². The molecule has 3 N–H and O–H groups in total. The van der Waals surface area contributed by atoms with Crippen LogP contribution < -0.4 is 10.1 Å². The fourth-order valence-corrected chi connectivity index (χ4v) is 2.30. The molecule has 0 radical (unpaired) electrons. The van der Waals surface area contributed by atoms with E-state index in [-0.39, 0.29) is 12.5 Å². The Morgan fingerprint density at radius 3 is 3.05 bits per heavy atom. The number of aromatic amines is 1. The maximum atomic E-state index is 11.7. The molecule has 19 heavy (non-hydrogen) atoms. The van der Waals surface area contributed by atoms with E-state index in [0.717, 1.165) is 22.9 Å². The highest BCUT2D eigenvalue weighted by molar-refractivity contribution is 6.02. The Hall–Kier alpha value is -2.50.